The average molecular weight is 406 g/mol. The first-order valence-electron chi connectivity index (χ1n) is 9.39. The molecule has 0 aliphatic heterocycles. The number of aliphatic hydroxyl groups excluding tert-OH is 1. The quantitative estimate of drug-likeness (QED) is 0.442. The highest BCUT2D eigenvalue weighted by Crippen LogP contribution is 2.20. The van der Waals surface area contributed by atoms with E-state index in [0.29, 0.717) is 6.42 Å². The normalized spacial score (nSPS) is 12.7. The van der Waals surface area contributed by atoms with E-state index in [0.717, 1.165) is 22.9 Å². The number of primary amides is 1. The number of nitrogens with two attached hydrogens (primary N) is 1. The highest BCUT2D eigenvalue weighted by atomic mass is 16.3. The molecule has 5 N–H and O–H groups in total. The van der Waals surface area contributed by atoms with Crippen molar-refractivity contribution in [3.63, 3.8) is 0 Å². The summed E-state index contributed by atoms with van der Waals surface area (Å²) in [4.78, 5) is 40.7. The Labute approximate surface area is 172 Å². The molecule has 0 aliphatic carbocycles. The van der Waals surface area contributed by atoms with E-state index in [1.807, 2.05) is 54.6 Å². The lowest BCUT2D eigenvalue weighted by molar-refractivity contribution is -0.126. The summed E-state index contributed by atoms with van der Waals surface area (Å²) in [6, 6.07) is 17.2. The molecule has 0 unspecified atom stereocenters. The number of nitrogens with zero attached hydrogens (tertiary/aromatic N) is 1. The first-order chi connectivity index (χ1) is 14.4. The number of aromatic amines is 1. The van der Waals surface area contributed by atoms with Crippen LogP contribution in [0, 0.1) is 0 Å². The van der Waals surface area contributed by atoms with Crippen LogP contribution in [0.4, 0.5) is 0 Å². The van der Waals surface area contributed by atoms with Crippen LogP contribution in [0.2, 0.25) is 0 Å². The molecule has 0 bridgehead atoms. The first-order valence-corrected chi connectivity index (χ1v) is 9.39. The third kappa shape index (κ3) is 5.62. The molecule has 0 saturated heterocycles. The van der Waals surface area contributed by atoms with Gasteiger partial charge in [0.15, 0.2) is 0 Å². The second-order valence-electron chi connectivity index (χ2n) is 6.90. The van der Waals surface area contributed by atoms with Crippen molar-refractivity contribution in [2.75, 3.05) is 0 Å². The Morgan fingerprint density at radius 3 is 2.33 bits per heavy atom. The van der Waals surface area contributed by atoms with Crippen LogP contribution in [0.25, 0.3) is 11.1 Å². The van der Waals surface area contributed by atoms with E-state index >= 15 is 0 Å². The summed E-state index contributed by atoms with van der Waals surface area (Å²) in [5.41, 5.74) is 7.82. The maximum absolute atomic E-state index is 12.5. The number of rotatable bonds is 8. The van der Waals surface area contributed by atoms with Gasteiger partial charge in [0, 0.05) is 24.9 Å². The zero-order valence-corrected chi connectivity index (χ0v) is 16.1. The van der Waals surface area contributed by atoms with Crippen LogP contribution in [-0.2, 0) is 11.2 Å². The number of carbonyl (C=O) groups excluding carboxylic acids is 2. The van der Waals surface area contributed by atoms with Gasteiger partial charge in [0.1, 0.15) is 6.10 Å². The number of nitrogens with one attached hydrogen (secondary N) is 2. The largest absolute Gasteiger partial charge is 0.383 e. The molecule has 2 atom stereocenters. The van der Waals surface area contributed by atoms with Gasteiger partial charge < -0.3 is 21.1 Å². The van der Waals surface area contributed by atoms with Gasteiger partial charge in [-0.1, -0.05) is 54.6 Å². The van der Waals surface area contributed by atoms with Crippen molar-refractivity contribution in [3.8, 4) is 11.1 Å². The van der Waals surface area contributed by atoms with Gasteiger partial charge in [0.25, 0.3) is 5.91 Å². The minimum Gasteiger partial charge on any atom is -0.383 e. The van der Waals surface area contributed by atoms with Gasteiger partial charge in [-0.05, 0) is 23.1 Å². The topological polar surface area (TPSA) is 138 Å². The minimum atomic E-state index is -1.40. The van der Waals surface area contributed by atoms with Crippen molar-refractivity contribution in [3.05, 3.63) is 88.6 Å². The molecule has 1 aromatic heterocycles. The number of H-pyrrole nitrogens is 1. The Hall–Kier alpha value is -3.78. The molecule has 0 aliphatic rings. The highest BCUT2D eigenvalue weighted by Gasteiger charge is 2.21. The van der Waals surface area contributed by atoms with Crippen LogP contribution in [0.3, 0.4) is 0 Å². The van der Waals surface area contributed by atoms with Crippen LogP contribution in [0.15, 0.2) is 71.8 Å². The Morgan fingerprint density at radius 2 is 1.73 bits per heavy atom. The van der Waals surface area contributed by atoms with Gasteiger partial charge in [-0.2, -0.15) is 0 Å². The van der Waals surface area contributed by atoms with Crippen molar-refractivity contribution >= 4 is 11.8 Å². The van der Waals surface area contributed by atoms with Crippen molar-refractivity contribution in [2.24, 2.45) is 5.73 Å². The smallest absolute Gasteiger partial charge is 0.344 e. The lowest BCUT2D eigenvalue weighted by Crippen LogP contribution is -2.42. The van der Waals surface area contributed by atoms with Gasteiger partial charge in [0.2, 0.25) is 5.91 Å². The number of aromatic nitrogens is 2. The summed E-state index contributed by atoms with van der Waals surface area (Å²) in [5, 5.41) is 12.7. The zero-order chi connectivity index (χ0) is 21.5. The van der Waals surface area contributed by atoms with Gasteiger partial charge in [-0.15, -0.1) is 0 Å². The summed E-state index contributed by atoms with van der Waals surface area (Å²) in [6.07, 6.45) is 1.35. The van der Waals surface area contributed by atoms with E-state index in [4.69, 9.17) is 5.73 Å². The predicted octanol–water partition coefficient (Wildman–Crippen LogP) is 1.01. The lowest BCUT2D eigenvalue weighted by atomic mass is 9.97. The summed E-state index contributed by atoms with van der Waals surface area (Å²) in [5.74, 6) is -1.35. The van der Waals surface area contributed by atoms with Crippen LogP contribution >= 0.6 is 0 Å². The third-order valence-corrected chi connectivity index (χ3v) is 4.65. The Morgan fingerprint density at radius 1 is 1.07 bits per heavy atom. The number of carbonyl (C=O) groups is 2. The monoisotopic (exact) mass is 406 g/mol. The number of hydrogen-bond donors (Lipinski definition) is 4. The Kier molecular flexibility index (Phi) is 6.71. The maximum Gasteiger partial charge on any atom is 0.344 e. The number of hydrogen-bond acceptors (Lipinski definition) is 5. The fourth-order valence-electron chi connectivity index (χ4n) is 3.06. The fourth-order valence-corrected chi connectivity index (χ4v) is 3.06. The Balaban J connectivity index is 1.74. The molecule has 0 radical (unpaired) electrons. The molecule has 8 nitrogen and oxygen atoms in total. The molecule has 2 aromatic carbocycles. The number of aliphatic hydroxyl groups is 1. The van der Waals surface area contributed by atoms with Crippen LogP contribution in [0.1, 0.15) is 22.3 Å². The van der Waals surface area contributed by atoms with Gasteiger partial charge in [0.05, 0.1) is 5.56 Å². The van der Waals surface area contributed by atoms with Crippen molar-refractivity contribution in [1.29, 1.82) is 0 Å². The Bertz CT molecular complexity index is 1040. The van der Waals surface area contributed by atoms with Crippen molar-refractivity contribution in [2.45, 2.75) is 25.0 Å². The van der Waals surface area contributed by atoms with E-state index in [9.17, 15) is 19.5 Å². The van der Waals surface area contributed by atoms with Crippen molar-refractivity contribution < 1.29 is 14.7 Å². The second-order valence-corrected chi connectivity index (χ2v) is 6.90. The third-order valence-electron chi connectivity index (χ3n) is 4.65. The van der Waals surface area contributed by atoms with Crippen molar-refractivity contribution in [1.82, 2.24) is 15.3 Å². The molecule has 0 saturated carbocycles. The van der Waals surface area contributed by atoms with Gasteiger partial charge in [-0.25, -0.2) is 9.78 Å². The summed E-state index contributed by atoms with van der Waals surface area (Å²) >= 11 is 0. The molecule has 30 heavy (non-hydrogen) atoms. The van der Waals surface area contributed by atoms with Crippen LogP contribution in [-0.4, -0.2) is 39.0 Å². The SMILES string of the molecule is NC(=O)[C@H](O)C[C@@H](Cc1ccc(-c2ccccc2)cc1)NC(=O)c1cnc(=O)[nH]c1. The summed E-state index contributed by atoms with van der Waals surface area (Å²) in [7, 11) is 0. The first kappa shape index (κ1) is 20.9. The molecule has 0 fully saturated rings. The molecule has 154 valence electrons. The number of amides is 2. The molecular weight excluding hydrogens is 384 g/mol. The molecule has 3 aromatic rings. The van der Waals surface area contributed by atoms with E-state index < -0.39 is 29.6 Å². The second kappa shape index (κ2) is 9.62. The number of benzene rings is 2. The zero-order valence-electron chi connectivity index (χ0n) is 16.1. The molecule has 3 rings (SSSR count). The van der Waals surface area contributed by atoms with Crippen LogP contribution in [0.5, 0.6) is 0 Å². The lowest BCUT2D eigenvalue weighted by Gasteiger charge is -2.21. The predicted molar refractivity (Wildman–Crippen MR) is 112 cm³/mol. The molecule has 0 spiro atoms. The fraction of sp³-hybridized carbons (Fsp3) is 0.182. The standard InChI is InChI=1S/C22H22N4O4/c23-20(28)19(27)11-18(26-21(29)17-12-24-22(30)25-13-17)10-14-6-8-16(9-7-14)15-4-2-1-3-5-15/h1-9,12-13,18-19,27H,10-11H2,(H2,23,28)(H,26,29)(H,24,25,30)/t18-,19-/m1/s1. The molecule has 8 heteroatoms. The van der Waals surface area contributed by atoms with Gasteiger partial charge in [-0.3, -0.25) is 9.59 Å². The minimum absolute atomic E-state index is 0.0434. The molecular formula is C22H22N4O4. The van der Waals surface area contributed by atoms with E-state index in [1.165, 1.54) is 6.20 Å². The molecule has 2 amide bonds. The van der Waals surface area contributed by atoms with E-state index in [1.54, 1.807) is 0 Å². The maximum atomic E-state index is 12.5. The van der Waals surface area contributed by atoms with Crippen LogP contribution < -0.4 is 16.7 Å². The average Bonchev–Trinajstić information content (AvgIpc) is 2.75. The highest BCUT2D eigenvalue weighted by molar-refractivity contribution is 5.93. The van der Waals surface area contributed by atoms with E-state index in [2.05, 4.69) is 15.3 Å². The summed E-state index contributed by atoms with van der Waals surface area (Å²) in [6.45, 7) is 0. The van der Waals surface area contributed by atoms with Gasteiger partial charge >= 0.3 is 5.69 Å². The molecule has 1 heterocycles. The van der Waals surface area contributed by atoms with E-state index in [-0.39, 0.29) is 12.0 Å². The summed E-state index contributed by atoms with van der Waals surface area (Å²) < 4.78 is 0.